The first-order chi connectivity index (χ1) is 14.4. The number of hydrogen-bond donors (Lipinski definition) is 1. The number of carbonyl (C=O) groups excluding carboxylic acids is 2. The van der Waals surface area contributed by atoms with E-state index in [0.717, 1.165) is 18.2 Å². The summed E-state index contributed by atoms with van der Waals surface area (Å²) in [6, 6.07) is 16.6. The van der Waals surface area contributed by atoms with Crippen molar-refractivity contribution in [3.8, 4) is 0 Å². The van der Waals surface area contributed by atoms with Crippen LogP contribution in [-0.2, 0) is 4.79 Å². The molecule has 1 aliphatic rings. The van der Waals surface area contributed by atoms with Crippen LogP contribution in [0, 0.1) is 11.6 Å². The van der Waals surface area contributed by atoms with E-state index in [1.165, 1.54) is 16.7 Å². The molecule has 3 aromatic carbocycles. The molecule has 1 aliphatic heterocycles. The van der Waals surface area contributed by atoms with Crippen molar-refractivity contribution in [1.29, 1.82) is 0 Å². The second kappa shape index (κ2) is 8.45. The predicted octanol–water partition coefficient (Wildman–Crippen LogP) is 5.65. The zero-order valence-electron chi connectivity index (χ0n) is 15.4. The molecule has 152 valence electrons. The monoisotopic (exact) mass is 444 g/mol. The molecule has 1 atom stereocenters. The molecule has 1 heterocycles. The minimum atomic E-state index is -0.680. The largest absolute Gasteiger partial charge is 0.322 e. The van der Waals surface area contributed by atoms with Gasteiger partial charge in [-0.3, -0.25) is 14.5 Å². The number of nitrogens with one attached hydrogen (secondary N) is 1. The van der Waals surface area contributed by atoms with Gasteiger partial charge in [0.1, 0.15) is 17.0 Å². The Morgan fingerprint density at radius 3 is 2.67 bits per heavy atom. The van der Waals surface area contributed by atoms with Crippen molar-refractivity contribution >= 4 is 46.6 Å². The maximum absolute atomic E-state index is 14.3. The molecule has 3 aromatic rings. The zero-order valence-corrected chi connectivity index (χ0v) is 17.0. The molecular formula is C22H15ClF2N2O2S. The summed E-state index contributed by atoms with van der Waals surface area (Å²) >= 11 is 7.38. The summed E-state index contributed by atoms with van der Waals surface area (Å²) in [7, 11) is 0. The van der Waals surface area contributed by atoms with Crippen LogP contribution in [0.3, 0.4) is 0 Å². The van der Waals surface area contributed by atoms with Gasteiger partial charge in [0.15, 0.2) is 0 Å². The summed E-state index contributed by atoms with van der Waals surface area (Å²) in [5, 5.41) is 2.56. The van der Waals surface area contributed by atoms with E-state index in [9.17, 15) is 18.4 Å². The van der Waals surface area contributed by atoms with Gasteiger partial charge in [-0.15, -0.1) is 11.8 Å². The highest BCUT2D eigenvalue weighted by Crippen LogP contribution is 2.43. The first-order valence-corrected chi connectivity index (χ1v) is 10.4. The van der Waals surface area contributed by atoms with Crippen LogP contribution >= 0.6 is 23.4 Å². The van der Waals surface area contributed by atoms with Crippen LogP contribution in [0.5, 0.6) is 0 Å². The average molecular weight is 445 g/mol. The van der Waals surface area contributed by atoms with Gasteiger partial charge in [0.2, 0.25) is 5.91 Å². The van der Waals surface area contributed by atoms with Crippen molar-refractivity contribution in [1.82, 2.24) is 0 Å². The van der Waals surface area contributed by atoms with Gasteiger partial charge in [-0.05, 0) is 42.0 Å². The van der Waals surface area contributed by atoms with Gasteiger partial charge in [0.05, 0.1) is 22.0 Å². The first-order valence-electron chi connectivity index (χ1n) is 8.98. The minimum absolute atomic E-state index is 0.111. The zero-order chi connectivity index (χ0) is 21.3. The van der Waals surface area contributed by atoms with E-state index in [0.29, 0.717) is 21.8 Å². The summed E-state index contributed by atoms with van der Waals surface area (Å²) in [4.78, 5) is 26.2. The van der Waals surface area contributed by atoms with E-state index < -0.39 is 17.0 Å². The standard InChI is InChI=1S/C22H15ClF2N2O2S/c23-17-7-2-1-6-16(17)21(29)26-15-5-3-4-13(10-15)22-27(20(28)12-30-22)19-11-14(24)8-9-18(19)25/h1-11,22H,12H2,(H,26,29). The van der Waals surface area contributed by atoms with E-state index in [2.05, 4.69) is 5.32 Å². The number of anilines is 2. The van der Waals surface area contributed by atoms with Gasteiger partial charge in [0.25, 0.3) is 5.91 Å². The second-order valence-electron chi connectivity index (χ2n) is 6.58. The fourth-order valence-corrected chi connectivity index (χ4v) is 4.60. The predicted molar refractivity (Wildman–Crippen MR) is 115 cm³/mol. The van der Waals surface area contributed by atoms with E-state index in [1.54, 1.807) is 48.5 Å². The molecule has 0 radical (unpaired) electrons. The van der Waals surface area contributed by atoms with Gasteiger partial charge in [-0.2, -0.15) is 0 Å². The second-order valence-corrected chi connectivity index (χ2v) is 8.06. The van der Waals surface area contributed by atoms with E-state index in [-0.39, 0.29) is 23.3 Å². The third-order valence-corrected chi connectivity index (χ3v) is 6.13. The number of rotatable bonds is 4. The normalized spacial score (nSPS) is 16.0. The Balaban J connectivity index is 1.63. The van der Waals surface area contributed by atoms with Crippen LogP contribution < -0.4 is 10.2 Å². The highest BCUT2D eigenvalue weighted by atomic mass is 35.5. The molecule has 0 aliphatic carbocycles. The number of amides is 2. The lowest BCUT2D eigenvalue weighted by atomic mass is 10.1. The van der Waals surface area contributed by atoms with Crippen LogP contribution in [0.2, 0.25) is 5.02 Å². The Labute approximate surface area is 180 Å². The van der Waals surface area contributed by atoms with E-state index in [4.69, 9.17) is 11.6 Å². The molecule has 8 heteroatoms. The number of nitrogens with zero attached hydrogens (tertiary/aromatic N) is 1. The first kappa shape index (κ1) is 20.4. The molecule has 0 saturated carbocycles. The van der Waals surface area contributed by atoms with Crippen LogP contribution in [0.4, 0.5) is 20.2 Å². The van der Waals surface area contributed by atoms with Gasteiger partial charge < -0.3 is 5.32 Å². The van der Waals surface area contributed by atoms with Crippen molar-refractivity contribution in [2.75, 3.05) is 16.0 Å². The molecule has 0 aromatic heterocycles. The van der Waals surface area contributed by atoms with Gasteiger partial charge in [0, 0.05) is 11.8 Å². The SMILES string of the molecule is O=C(Nc1cccc(C2SCC(=O)N2c2cc(F)ccc2F)c1)c1ccccc1Cl. The van der Waals surface area contributed by atoms with Gasteiger partial charge >= 0.3 is 0 Å². The van der Waals surface area contributed by atoms with Crippen LogP contribution in [0.15, 0.2) is 66.7 Å². The number of halogens is 3. The van der Waals surface area contributed by atoms with Crippen molar-refractivity contribution < 1.29 is 18.4 Å². The maximum atomic E-state index is 14.3. The van der Waals surface area contributed by atoms with Crippen LogP contribution in [0.1, 0.15) is 21.3 Å². The Morgan fingerprint density at radius 2 is 1.87 bits per heavy atom. The lowest BCUT2D eigenvalue weighted by Crippen LogP contribution is -2.28. The molecule has 1 saturated heterocycles. The molecular weight excluding hydrogens is 430 g/mol. The molecule has 1 N–H and O–H groups in total. The maximum Gasteiger partial charge on any atom is 0.257 e. The highest BCUT2D eigenvalue weighted by molar-refractivity contribution is 8.00. The van der Waals surface area contributed by atoms with Crippen LogP contribution in [0.25, 0.3) is 0 Å². The Bertz CT molecular complexity index is 1140. The molecule has 1 unspecified atom stereocenters. The summed E-state index contributed by atoms with van der Waals surface area (Å²) < 4.78 is 28.0. The van der Waals surface area contributed by atoms with Crippen molar-refractivity contribution in [3.63, 3.8) is 0 Å². The quantitative estimate of drug-likeness (QED) is 0.565. The molecule has 30 heavy (non-hydrogen) atoms. The Morgan fingerprint density at radius 1 is 1.07 bits per heavy atom. The Hall–Kier alpha value is -2.90. The van der Waals surface area contributed by atoms with Crippen LogP contribution in [-0.4, -0.2) is 17.6 Å². The molecule has 1 fully saturated rings. The average Bonchev–Trinajstić information content (AvgIpc) is 3.11. The lowest BCUT2D eigenvalue weighted by Gasteiger charge is -2.25. The minimum Gasteiger partial charge on any atom is -0.322 e. The summed E-state index contributed by atoms with van der Waals surface area (Å²) in [6.45, 7) is 0. The number of thioether (sulfide) groups is 1. The Kier molecular flexibility index (Phi) is 5.74. The van der Waals surface area contributed by atoms with Crippen molar-refractivity contribution in [2.45, 2.75) is 5.37 Å². The number of benzene rings is 3. The molecule has 4 rings (SSSR count). The molecule has 0 spiro atoms. The van der Waals surface area contributed by atoms with E-state index in [1.807, 2.05) is 0 Å². The fourth-order valence-electron chi connectivity index (χ4n) is 3.22. The third kappa shape index (κ3) is 4.04. The van der Waals surface area contributed by atoms with Gasteiger partial charge in [-0.25, -0.2) is 8.78 Å². The summed E-state index contributed by atoms with van der Waals surface area (Å²) in [5.41, 5.74) is 1.39. The molecule has 4 nitrogen and oxygen atoms in total. The molecule has 2 amide bonds. The lowest BCUT2D eigenvalue weighted by molar-refractivity contribution is -0.115. The highest BCUT2D eigenvalue weighted by Gasteiger charge is 2.35. The summed E-state index contributed by atoms with van der Waals surface area (Å²) in [6.07, 6.45) is 0. The van der Waals surface area contributed by atoms with Crippen molar-refractivity contribution in [2.24, 2.45) is 0 Å². The van der Waals surface area contributed by atoms with Gasteiger partial charge in [-0.1, -0.05) is 35.9 Å². The third-order valence-electron chi connectivity index (χ3n) is 4.58. The fraction of sp³-hybridized carbons (Fsp3) is 0.0909. The van der Waals surface area contributed by atoms with Crippen molar-refractivity contribution in [3.05, 3.63) is 94.5 Å². The van der Waals surface area contributed by atoms with E-state index >= 15 is 0 Å². The summed E-state index contributed by atoms with van der Waals surface area (Å²) in [5.74, 6) is -1.87. The number of hydrogen-bond acceptors (Lipinski definition) is 3. The number of carbonyl (C=O) groups is 2. The topological polar surface area (TPSA) is 49.4 Å². The smallest absolute Gasteiger partial charge is 0.257 e. The molecule has 0 bridgehead atoms.